The first kappa shape index (κ1) is 14.0. The molecule has 0 spiro atoms. The van der Waals surface area contributed by atoms with E-state index in [0.717, 1.165) is 43.7 Å². The van der Waals surface area contributed by atoms with Gasteiger partial charge in [0.05, 0.1) is 0 Å². The van der Waals surface area contributed by atoms with Gasteiger partial charge in [0.1, 0.15) is 0 Å². The fraction of sp³-hybridized carbons (Fsp3) is 0.467. The summed E-state index contributed by atoms with van der Waals surface area (Å²) in [6.07, 6.45) is 0.810. The van der Waals surface area contributed by atoms with Gasteiger partial charge in [0.15, 0.2) is 11.6 Å². The largest absolute Gasteiger partial charge is 0.505 e. The first-order valence-corrected chi connectivity index (χ1v) is 6.65. The molecule has 104 valence electrons. The number of rotatable bonds is 4. The predicted octanol–water partition coefficient (Wildman–Crippen LogP) is 2.44. The fourth-order valence-corrected chi connectivity index (χ4v) is 2.51. The van der Waals surface area contributed by atoms with Gasteiger partial charge in [-0.1, -0.05) is 11.6 Å². The maximum atomic E-state index is 13.5. The van der Waals surface area contributed by atoms with Crippen LogP contribution in [0.1, 0.15) is 24.9 Å². The molecule has 0 aliphatic carbocycles. The van der Waals surface area contributed by atoms with E-state index in [2.05, 4.69) is 16.8 Å². The summed E-state index contributed by atoms with van der Waals surface area (Å²) in [6, 6.07) is 4.80. The Morgan fingerprint density at radius 2 is 2.16 bits per heavy atom. The van der Waals surface area contributed by atoms with E-state index < -0.39 is 5.82 Å². The molecule has 1 fully saturated rings. The third-order valence-electron chi connectivity index (χ3n) is 3.49. The van der Waals surface area contributed by atoms with Crippen molar-refractivity contribution in [2.75, 3.05) is 26.2 Å². The van der Waals surface area contributed by atoms with E-state index in [1.807, 2.05) is 6.92 Å². The molecule has 1 aromatic carbocycles. The molecule has 0 saturated carbocycles. The summed E-state index contributed by atoms with van der Waals surface area (Å²) in [6.45, 7) is 9.75. The summed E-state index contributed by atoms with van der Waals surface area (Å²) >= 11 is 0. The predicted molar refractivity (Wildman–Crippen MR) is 74.7 cm³/mol. The van der Waals surface area contributed by atoms with Crippen LogP contribution < -0.4 is 5.32 Å². The van der Waals surface area contributed by atoms with E-state index in [1.165, 1.54) is 12.1 Å². The van der Waals surface area contributed by atoms with E-state index in [-0.39, 0.29) is 11.8 Å². The van der Waals surface area contributed by atoms with E-state index in [0.29, 0.717) is 0 Å². The SMILES string of the molecule is C=C(C)C[C@@H](c1ccc(O)c(F)c1)N1CCNCC1. The average Bonchev–Trinajstić information content (AvgIpc) is 2.40. The van der Waals surface area contributed by atoms with Gasteiger partial charge in [0.2, 0.25) is 0 Å². The molecule has 2 rings (SSSR count). The second-order valence-corrected chi connectivity index (χ2v) is 5.17. The molecule has 1 heterocycles. The Kier molecular flexibility index (Phi) is 4.56. The van der Waals surface area contributed by atoms with E-state index in [1.54, 1.807) is 6.07 Å². The standard InChI is InChI=1S/C15H21FN2O/c1-11(2)9-14(18-7-5-17-6-8-18)12-3-4-15(19)13(16)10-12/h3-4,10,14,17,19H,1,5-9H2,2H3/t14-/m0/s1. The molecule has 0 radical (unpaired) electrons. The molecule has 1 aromatic rings. The van der Waals surface area contributed by atoms with Crippen molar-refractivity contribution in [3.8, 4) is 5.75 Å². The fourth-order valence-electron chi connectivity index (χ4n) is 2.51. The second kappa shape index (κ2) is 6.17. The highest BCUT2D eigenvalue weighted by molar-refractivity contribution is 5.30. The van der Waals surface area contributed by atoms with Crippen LogP contribution in [0.5, 0.6) is 5.75 Å². The maximum absolute atomic E-state index is 13.5. The normalized spacial score (nSPS) is 18.2. The minimum atomic E-state index is -0.556. The molecule has 3 nitrogen and oxygen atoms in total. The Morgan fingerprint density at radius 3 is 2.74 bits per heavy atom. The number of nitrogens with zero attached hydrogens (tertiary/aromatic N) is 1. The van der Waals surface area contributed by atoms with Crippen LogP contribution in [0, 0.1) is 5.82 Å². The van der Waals surface area contributed by atoms with Crippen molar-refractivity contribution in [2.45, 2.75) is 19.4 Å². The second-order valence-electron chi connectivity index (χ2n) is 5.17. The molecule has 1 saturated heterocycles. The maximum Gasteiger partial charge on any atom is 0.165 e. The Morgan fingerprint density at radius 1 is 1.47 bits per heavy atom. The van der Waals surface area contributed by atoms with Crippen molar-refractivity contribution in [2.24, 2.45) is 0 Å². The minimum absolute atomic E-state index is 0.134. The Labute approximate surface area is 113 Å². The molecular weight excluding hydrogens is 243 g/mol. The van der Waals surface area contributed by atoms with Crippen LogP contribution in [0.2, 0.25) is 0 Å². The van der Waals surface area contributed by atoms with Gasteiger partial charge in [-0.25, -0.2) is 4.39 Å². The smallest absolute Gasteiger partial charge is 0.165 e. The highest BCUT2D eigenvalue weighted by atomic mass is 19.1. The zero-order valence-electron chi connectivity index (χ0n) is 11.3. The van der Waals surface area contributed by atoms with Gasteiger partial charge in [-0.3, -0.25) is 4.90 Å². The zero-order chi connectivity index (χ0) is 13.8. The number of nitrogens with one attached hydrogen (secondary N) is 1. The molecule has 1 aliphatic rings. The highest BCUT2D eigenvalue weighted by Gasteiger charge is 2.22. The van der Waals surface area contributed by atoms with E-state index in [9.17, 15) is 9.50 Å². The van der Waals surface area contributed by atoms with Crippen molar-refractivity contribution >= 4 is 0 Å². The zero-order valence-corrected chi connectivity index (χ0v) is 11.3. The van der Waals surface area contributed by atoms with Crippen LogP contribution in [-0.4, -0.2) is 36.2 Å². The number of aromatic hydroxyl groups is 1. The molecule has 0 bridgehead atoms. The Hall–Kier alpha value is -1.39. The minimum Gasteiger partial charge on any atom is -0.505 e. The molecule has 0 aromatic heterocycles. The molecule has 2 N–H and O–H groups in total. The molecule has 1 aliphatic heterocycles. The monoisotopic (exact) mass is 264 g/mol. The summed E-state index contributed by atoms with van der Waals surface area (Å²) in [5, 5.41) is 12.6. The first-order valence-electron chi connectivity index (χ1n) is 6.65. The van der Waals surface area contributed by atoms with Crippen LogP contribution in [0.15, 0.2) is 30.4 Å². The van der Waals surface area contributed by atoms with Crippen molar-refractivity contribution in [3.63, 3.8) is 0 Å². The van der Waals surface area contributed by atoms with Crippen LogP contribution in [0.4, 0.5) is 4.39 Å². The summed E-state index contributed by atoms with van der Waals surface area (Å²) in [5.41, 5.74) is 1.98. The van der Waals surface area contributed by atoms with Crippen LogP contribution >= 0.6 is 0 Å². The number of hydrogen-bond acceptors (Lipinski definition) is 3. The van der Waals surface area contributed by atoms with Gasteiger partial charge in [-0.2, -0.15) is 0 Å². The van der Waals surface area contributed by atoms with Gasteiger partial charge in [-0.15, -0.1) is 6.58 Å². The van der Waals surface area contributed by atoms with E-state index >= 15 is 0 Å². The molecule has 0 amide bonds. The van der Waals surface area contributed by atoms with Gasteiger partial charge in [0.25, 0.3) is 0 Å². The summed E-state index contributed by atoms with van der Waals surface area (Å²) in [4.78, 5) is 2.34. The highest BCUT2D eigenvalue weighted by Crippen LogP contribution is 2.30. The lowest BCUT2D eigenvalue weighted by Gasteiger charge is -2.35. The van der Waals surface area contributed by atoms with Crippen LogP contribution in [0.25, 0.3) is 0 Å². The number of benzene rings is 1. The Bertz CT molecular complexity index is 455. The van der Waals surface area contributed by atoms with Crippen molar-refractivity contribution < 1.29 is 9.50 Å². The summed E-state index contributed by atoms with van der Waals surface area (Å²) in [7, 11) is 0. The van der Waals surface area contributed by atoms with Gasteiger partial charge in [-0.05, 0) is 31.0 Å². The summed E-state index contributed by atoms with van der Waals surface area (Å²) in [5.74, 6) is -0.850. The average molecular weight is 264 g/mol. The Balaban J connectivity index is 2.24. The van der Waals surface area contributed by atoms with Gasteiger partial charge >= 0.3 is 0 Å². The number of phenolic OH excluding ortho intramolecular Hbond substituents is 1. The summed E-state index contributed by atoms with van der Waals surface area (Å²) < 4.78 is 13.5. The van der Waals surface area contributed by atoms with Gasteiger partial charge in [0, 0.05) is 32.2 Å². The van der Waals surface area contributed by atoms with Crippen molar-refractivity contribution in [1.29, 1.82) is 0 Å². The number of hydrogen-bond donors (Lipinski definition) is 2. The molecular formula is C15H21FN2O. The van der Waals surface area contributed by atoms with Crippen molar-refractivity contribution in [1.82, 2.24) is 10.2 Å². The lowest BCUT2D eigenvalue weighted by molar-refractivity contribution is 0.172. The van der Waals surface area contributed by atoms with Crippen molar-refractivity contribution in [3.05, 3.63) is 41.7 Å². The molecule has 4 heteroatoms. The van der Waals surface area contributed by atoms with E-state index in [4.69, 9.17) is 0 Å². The number of piperazine rings is 1. The number of phenols is 1. The molecule has 0 unspecified atom stereocenters. The van der Waals surface area contributed by atoms with Gasteiger partial charge < -0.3 is 10.4 Å². The quantitative estimate of drug-likeness (QED) is 0.820. The lowest BCUT2D eigenvalue weighted by atomic mass is 9.97. The first-order chi connectivity index (χ1) is 9.08. The number of halogens is 1. The third-order valence-corrected chi connectivity index (χ3v) is 3.49. The molecule has 1 atom stereocenters. The van der Waals surface area contributed by atoms with Crippen LogP contribution in [-0.2, 0) is 0 Å². The molecule has 19 heavy (non-hydrogen) atoms. The topological polar surface area (TPSA) is 35.5 Å². The lowest BCUT2D eigenvalue weighted by Crippen LogP contribution is -2.45. The van der Waals surface area contributed by atoms with Crippen LogP contribution in [0.3, 0.4) is 0 Å². The third kappa shape index (κ3) is 3.55.